The topological polar surface area (TPSA) is 46.5 Å². The summed E-state index contributed by atoms with van der Waals surface area (Å²) < 4.78 is 5.93. The van der Waals surface area contributed by atoms with E-state index in [9.17, 15) is 9.90 Å². The molecule has 2 aromatic rings. The standard InChI is InChI=1S/C22H28O3.C3H8/c1-21(2,3)17-7-9-19(22(4,5)6)16(11-17)14-25-20-10-8-18(24)12-15(20)13-23;1-3-2/h7-13,24H,14H2,1-6H3;3H2,1-2H3. The van der Waals surface area contributed by atoms with Crippen LogP contribution in [0.2, 0.25) is 0 Å². The first kappa shape index (κ1) is 23.7. The SMILES string of the molecule is CC(C)(C)c1ccc(C(C)(C)C)c(COc2ccc(O)cc2C=O)c1.CCC. The first-order valence-corrected chi connectivity index (χ1v) is 9.98. The van der Waals surface area contributed by atoms with Crippen molar-refractivity contribution in [1.29, 1.82) is 0 Å². The van der Waals surface area contributed by atoms with Crippen LogP contribution >= 0.6 is 0 Å². The highest BCUT2D eigenvalue weighted by molar-refractivity contribution is 5.80. The highest BCUT2D eigenvalue weighted by Crippen LogP contribution is 2.32. The lowest BCUT2D eigenvalue weighted by Gasteiger charge is -2.27. The zero-order valence-corrected chi connectivity index (χ0v) is 18.7. The maximum absolute atomic E-state index is 11.2. The molecule has 0 fully saturated rings. The van der Waals surface area contributed by atoms with Gasteiger partial charge in [0.25, 0.3) is 0 Å². The van der Waals surface area contributed by atoms with Crippen molar-refractivity contribution in [2.75, 3.05) is 0 Å². The number of phenols is 1. The summed E-state index contributed by atoms with van der Waals surface area (Å²) in [6.07, 6.45) is 1.95. The summed E-state index contributed by atoms with van der Waals surface area (Å²) in [5.41, 5.74) is 4.00. The van der Waals surface area contributed by atoms with Gasteiger partial charge in [-0.15, -0.1) is 0 Å². The number of aldehydes is 1. The highest BCUT2D eigenvalue weighted by atomic mass is 16.5. The molecule has 0 aliphatic heterocycles. The molecule has 0 spiro atoms. The van der Waals surface area contributed by atoms with Crippen LogP contribution in [0.15, 0.2) is 36.4 Å². The van der Waals surface area contributed by atoms with Crippen LogP contribution in [-0.2, 0) is 17.4 Å². The quantitative estimate of drug-likeness (QED) is 0.590. The molecular formula is C25H36O3. The third kappa shape index (κ3) is 6.70. The molecule has 0 saturated carbocycles. The molecule has 3 heteroatoms. The molecule has 0 bridgehead atoms. The first-order chi connectivity index (χ1) is 12.9. The molecule has 154 valence electrons. The normalized spacial score (nSPS) is 11.4. The third-order valence-electron chi connectivity index (χ3n) is 4.28. The lowest BCUT2D eigenvalue weighted by molar-refractivity contribution is 0.111. The number of phenolic OH excluding ortho intramolecular Hbond substituents is 1. The van der Waals surface area contributed by atoms with Crippen molar-refractivity contribution in [1.82, 2.24) is 0 Å². The second-order valence-electron chi connectivity index (χ2n) is 9.21. The van der Waals surface area contributed by atoms with E-state index in [1.54, 1.807) is 6.07 Å². The molecule has 3 nitrogen and oxygen atoms in total. The fourth-order valence-corrected chi connectivity index (χ4v) is 2.83. The minimum Gasteiger partial charge on any atom is -0.508 e. The average molecular weight is 385 g/mol. The minimum absolute atomic E-state index is 0.00243. The lowest BCUT2D eigenvalue weighted by atomic mass is 9.79. The van der Waals surface area contributed by atoms with Crippen LogP contribution in [-0.4, -0.2) is 11.4 Å². The summed E-state index contributed by atoms with van der Waals surface area (Å²) in [4.78, 5) is 11.2. The largest absolute Gasteiger partial charge is 0.508 e. The van der Waals surface area contributed by atoms with E-state index in [2.05, 4.69) is 73.6 Å². The van der Waals surface area contributed by atoms with Crippen molar-refractivity contribution in [3.63, 3.8) is 0 Å². The highest BCUT2D eigenvalue weighted by Gasteiger charge is 2.22. The maximum Gasteiger partial charge on any atom is 0.153 e. The van der Waals surface area contributed by atoms with E-state index in [1.165, 1.54) is 29.7 Å². The van der Waals surface area contributed by atoms with Crippen molar-refractivity contribution in [3.05, 3.63) is 58.7 Å². The molecule has 0 heterocycles. The summed E-state index contributed by atoms with van der Waals surface area (Å²) in [7, 11) is 0. The summed E-state index contributed by atoms with van der Waals surface area (Å²) in [5.74, 6) is 0.536. The lowest BCUT2D eigenvalue weighted by Crippen LogP contribution is -2.18. The van der Waals surface area contributed by atoms with Crippen molar-refractivity contribution < 1.29 is 14.6 Å². The van der Waals surface area contributed by atoms with Gasteiger partial charge >= 0.3 is 0 Å². The van der Waals surface area contributed by atoms with E-state index in [4.69, 9.17) is 4.74 Å². The third-order valence-corrected chi connectivity index (χ3v) is 4.28. The van der Waals surface area contributed by atoms with Gasteiger partial charge < -0.3 is 9.84 Å². The molecule has 0 saturated heterocycles. The van der Waals surface area contributed by atoms with Gasteiger partial charge in [0.15, 0.2) is 6.29 Å². The van der Waals surface area contributed by atoms with Crippen LogP contribution in [0.3, 0.4) is 0 Å². The average Bonchev–Trinajstić information content (AvgIpc) is 2.59. The van der Waals surface area contributed by atoms with Crippen molar-refractivity contribution >= 4 is 6.29 Å². The smallest absolute Gasteiger partial charge is 0.153 e. The van der Waals surface area contributed by atoms with Gasteiger partial charge in [0.2, 0.25) is 0 Å². The number of aromatic hydroxyl groups is 1. The van der Waals surface area contributed by atoms with E-state index in [-0.39, 0.29) is 16.6 Å². The van der Waals surface area contributed by atoms with Gasteiger partial charge in [0.1, 0.15) is 18.1 Å². The van der Waals surface area contributed by atoms with E-state index < -0.39 is 0 Å². The predicted molar refractivity (Wildman–Crippen MR) is 118 cm³/mol. The molecule has 1 N–H and O–H groups in total. The van der Waals surface area contributed by atoms with Gasteiger partial charge in [-0.25, -0.2) is 0 Å². The molecule has 0 radical (unpaired) electrons. The first-order valence-electron chi connectivity index (χ1n) is 9.98. The Hall–Kier alpha value is -2.29. The molecule has 2 rings (SSSR count). The molecule has 2 aromatic carbocycles. The Labute approximate surface area is 170 Å². The van der Waals surface area contributed by atoms with Gasteiger partial charge in [-0.05, 0) is 45.7 Å². The molecule has 0 atom stereocenters. The summed E-state index contributed by atoms with van der Waals surface area (Å²) in [6, 6.07) is 11.1. The molecule has 0 aromatic heterocycles. The van der Waals surface area contributed by atoms with Gasteiger partial charge in [-0.3, -0.25) is 4.79 Å². The Bertz CT molecular complexity index is 777. The molecular weight excluding hydrogens is 348 g/mol. The van der Waals surface area contributed by atoms with Crippen LogP contribution in [0.4, 0.5) is 0 Å². The Morgan fingerprint density at radius 1 is 0.929 bits per heavy atom. The number of rotatable bonds is 4. The minimum atomic E-state index is -0.00243. The van der Waals surface area contributed by atoms with Crippen LogP contribution in [0, 0.1) is 0 Å². The van der Waals surface area contributed by atoms with Gasteiger partial charge in [0.05, 0.1) is 5.56 Å². The zero-order valence-electron chi connectivity index (χ0n) is 18.7. The molecule has 28 heavy (non-hydrogen) atoms. The molecule has 0 amide bonds. The van der Waals surface area contributed by atoms with Crippen LogP contribution in [0.25, 0.3) is 0 Å². The monoisotopic (exact) mass is 384 g/mol. The number of benzene rings is 2. The van der Waals surface area contributed by atoms with Crippen molar-refractivity contribution in [3.8, 4) is 11.5 Å². The van der Waals surface area contributed by atoms with Crippen molar-refractivity contribution in [2.45, 2.75) is 79.2 Å². The fourth-order valence-electron chi connectivity index (χ4n) is 2.83. The van der Waals surface area contributed by atoms with Gasteiger partial charge in [-0.1, -0.05) is 80.0 Å². The second-order valence-corrected chi connectivity index (χ2v) is 9.21. The van der Waals surface area contributed by atoms with E-state index in [0.29, 0.717) is 24.2 Å². The maximum atomic E-state index is 11.2. The van der Waals surface area contributed by atoms with Gasteiger partial charge in [-0.2, -0.15) is 0 Å². The van der Waals surface area contributed by atoms with E-state index in [1.807, 2.05) is 0 Å². The Morgan fingerprint density at radius 2 is 1.54 bits per heavy atom. The number of carbonyl (C=O) groups excluding carboxylic acids is 1. The van der Waals surface area contributed by atoms with E-state index >= 15 is 0 Å². The zero-order chi connectivity index (χ0) is 21.5. The summed E-state index contributed by atoms with van der Waals surface area (Å²) in [5, 5.41) is 9.52. The van der Waals surface area contributed by atoms with Gasteiger partial charge in [0, 0.05) is 0 Å². The number of carbonyl (C=O) groups is 1. The Kier molecular flexibility index (Phi) is 8.29. The van der Waals surface area contributed by atoms with Crippen LogP contribution in [0.5, 0.6) is 11.5 Å². The predicted octanol–water partition coefficient (Wildman–Crippen LogP) is 6.80. The molecule has 0 aliphatic rings. The summed E-state index contributed by atoms with van der Waals surface area (Å²) in [6.45, 7) is 17.7. The second kappa shape index (κ2) is 9.77. The Balaban J connectivity index is 0.00000122. The number of hydrogen-bond donors (Lipinski definition) is 1. The Morgan fingerprint density at radius 3 is 2.04 bits per heavy atom. The van der Waals surface area contributed by atoms with E-state index in [0.717, 1.165) is 5.56 Å². The van der Waals surface area contributed by atoms with Crippen LogP contribution < -0.4 is 4.74 Å². The summed E-state index contributed by atoms with van der Waals surface area (Å²) >= 11 is 0. The van der Waals surface area contributed by atoms with Crippen LogP contribution in [0.1, 0.15) is 88.9 Å². The molecule has 0 unspecified atom stereocenters. The number of ether oxygens (including phenoxy) is 1. The molecule has 0 aliphatic carbocycles. The fraction of sp³-hybridized carbons (Fsp3) is 0.480. The number of hydrogen-bond acceptors (Lipinski definition) is 3. The van der Waals surface area contributed by atoms with Crippen molar-refractivity contribution in [2.24, 2.45) is 0 Å².